The van der Waals surface area contributed by atoms with Crippen molar-refractivity contribution in [1.29, 1.82) is 0 Å². The molecular formula is C24H28FNO5. The summed E-state index contributed by atoms with van der Waals surface area (Å²) in [7, 11) is 1.30. The SMILES string of the molecule is COC(=O)c1cc(NC(=O)C2(c3ccc(F)cc3)CCOCC2)ccc1OCC(C)C. The number of nitrogens with one attached hydrogen (secondary N) is 1. The minimum Gasteiger partial charge on any atom is -0.492 e. The van der Waals surface area contributed by atoms with Gasteiger partial charge in [0.05, 0.1) is 19.1 Å². The van der Waals surface area contributed by atoms with Gasteiger partial charge in [-0.25, -0.2) is 9.18 Å². The average Bonchev–Trinajstić information content (AvgIpc) is 2.78. The topological polar surface area (TPSA) is 73.9 Å². The number of benzene rings is 2. The number of hydrogen-bond donors (Lipinski definition) is 1. The summed E-state index contributed by atoms with van der Waals surface area (Å²) in [5.74, 6) is -0.443. The number of ether oxygens (including phenoxy) is 3. The Kier molecular flexibility index (Phi) is 7.28. The Morgan fingerprint density at radius 1 is 1.13 bits per heavy atom. The van der Waals surface area contributed by atoms with Crippen LogP contribution in [-0.4, -0.2) is 38.8 Å². The van der Waals surface area contributed by atoms with E-state index < -0.39 is 11.4 Å². The molecule has 166 valence electrons. The first-order valence-electron chi connectivity index (χ1n) is 10.4. The lowest BCUT2D eigenvalue weighted by Gasteiger charge is -2.36. The van der Waals surface area contributed by atoms with Crippen LogP contribution >= 0.6 is 0 Å². The Morgan fingerprint density at radius 3 is 2.42 bits per heavy atom. The molecule has 0 unspecified atom stereocenters. The molecule has 0 spiro atoms. The molecule has 3 rings (SSSR count). The minimum atomic E-state index is -0.843. The zero-order chi connectivity index (χ0) is 22.4. The highest BCUT2D eigenvalue weighted by Gasteiger charge is 2.41. The van der Waals surface area contributed by atoms with Crippen molar-refractivity contribution in [3.05, 3.63) is 59.4 Å². The summed E-state index contributed by atoms with van der Waals surface area (Å²) in [6, 6.07) is 10.9. The van der Waals surface area contributed by atoms with Crippen LogP contribution in [0.3, 0.4) is 0 Å². The quantitative estimate of drug-likeness (QED) is 0.663. The van der Waals surface area contributed by atoms with Crippen LogP contribution < -0.4 is 10.1 Å². The summed E-state index contributed by atoms with van der Waals surface area (Å²) < 4.78 is 29.5. The normalized spacial score (nSPS) is 15.4. The average molecular weight is 429 g/mol. The molecule has 1 N–H and O–H groups in total. The lowest BCUT2D eigenvalue weighted by molar-refractivity contribution is -0.125. The minimum absolute atomic E-state index is 0.228. The van der Waals surface area contributed by atoms with Gasteiger partial charge in [0.2, 0.25) is 5.91 Å². The lowest BCUT2D eigenvalue weighted by Crippen LogP contribution is -2.44. The maximum atomic E-state index is 13.4. The second-order valence-corrected chi connectivity index (χ2v) is 8.06. The highest BCUT2D eigenvalue weighted by molar-refractivity contribution is 6.01. The fourth-order valence-electron chi connectivity index (χ4n) is 3.65. The zero-order valence-electron chi connectivity index (χ0n) is 18.1. The molecule has 2 aromatic rings. The van der Waals surface area contributed by atoms with Crippen molar-refractivity contribution in [2.24, 2.45) is 5.92 Å². The highest BCUT2D eigenvalue weighted by Crippen LogP contribution is 2.36. The molecule has 1 heterocycles. The molecule has 1 aliphatic rings. The summed E-state index contributed by atoms with van der Waals surface area (Å²) >= 11 is 0. The molecule has 0 aromatic heterocycles. The van der Waals surface area contributed by atoms with Crippen molar-refractivity contribution < 1.29 is 28.2 Å². The van der Waals surface area contributed by atoms with Crippen molar-refractivity contribution in [2.45, 2.75) is 32.1 Å². The predicted molar refractivity (Wildman–Crippen MR) is 115 cm³/mol. The second-order valence-electron chi connectivity index (χ2n) is 8.06. The summed E-state index contributed by atoms with van der Waals surface area (Å²) in [6.45, 7) is 5.33. The van der Waals surface area contributed by atoms with Crippen LogP contribution in [0.15, 0.2) is 42.5 Å². The Balaban J connectivity index is 1.89. The molecule has 6 nitrogen and oxygen atoms in total. The predicted octanol–water partition coefficient (Wildman–Crippen LogP) is 4.33. The van der Waals surface area contributed by atoms with Crippen molar-refractivity contribution in [2.75, 3.05) is 32.2 Å². The van der Waals surface area contributed by atoms with E-state index in [-0.39, 0.29) is 23.2 Å². The fourth-order valence-corrected chi connectivity index (χ4v) is 3.65. The van der Waals surface area contributed by atoms with Gasteiger partial charge in [-0.1, -0.05) is 26.0 Å². The standard InChI is InChI=1S/C24H28FNO5/c1-16(2)15-31-21-9-8-19(14-20(21)22(27)29-3)26-23(28)24(10-12-30-13-11-24)17-4-6-18(25)7-5-17/h4-9,14,16H,10-13,15H2,1-3H3,(H,26,28). The maximum Gasteiger partial charge on any atom is 0.341 e. The smallest absolute Gasteiger partial charge is 0.341 e. The third-order valence-corrected chi connectivity index (χ3v) is 5.39. The van der Waals surface area contributed by atoms with Crippen LogP contribution in [0.5, 0.6) is 5.75 Å². The molecule has 0 bridgehead atoms. The lowest BCUT2D eigenvalue weighted by atomic mass is 9.73. The van der Waals surface area contributed by atoms with Crippen LogP contribution in [-0.2, 0) is 19.7 Å². The molecule has 0 radical (unpaired) electrons. The molecule has 7 heteroatoms. The number of methoxy groups -OCH3 is 1. The van der Waals surface area contributed by atoms with E-state index in [1.54, 1.807) is 30.3 Å². The van der Waals surface area contributed by atoms with Crippen LogP contribution in [0.2, 0.25) is 0 Å². The monoisotopic (exact) mass is 429 g/mol. The summed E-state index contributed by atoms with van der Waals surface area (Å²) in [5.41, 5.74) is 0.586. The molecule has 0 atom stereocenters. The van der Waals surface area contributed by atoms with Crippen LogP contribution in [0, 0.1) is 11.7 Å². The maximum absolute atomic E-state index is 13.4. The van der Waals surface area contributed by atoms with Gasteiger partial charge >= 0.3 is 5.97 Å². The van der Waals surface area contributed by atoms with Gasteiger partial charge in [0, 0.05) is 18.9 Å². The number of esters is 1. The van der Waals surface area contributed by atoms with Gasteiger partial charge < -0.3 is 19.5 Å². The Morgan fingerprint density at radius 2 is 1.81 bits per heavy atom. The van der Waals surface area contributed by atoms with Crippen molar-refractivity contribution in [1.82, 2.24) is 0 Å². The third-order valence-electron chi connectivity index (χ3n) is 5.39. The molecule has 1 aliphatic heterocycles. The summed E-state index contributed by atoms with van der Waals surface area (Å²) in [6.07, 6.45) is 0.952. The molecular weight excluding hydrogens is 401 g/mol. The highest BCUT2D eigenvalue weighted by atomic mass is 19.1. The van der Waals surface area contributed by atoms with Crippen molar-refractivity contribution >= 4 is 17.6 Å². The molecule has 2 aromatic carbocycles. The first kappa shape index (κ1) is 22.7. The van der Waals surface area contributed by atoms with E-state index in [1.807, 2.05) is 13.8 Å². The number of rotatable bonds is 7. The summed E-state index contributed by atoms with van der Waals surface area (Å²) in [5, 5.41) is 2.93. The van der Waals surface area contributed by atoms with Gasteiger partial charge in [0.15, 0.2) is 0 Å². The van der Waals surface area contributed by atoms with Crippen molar-refractivity contribution in [3.63, 3.8) is 0 Å². The van der Waals surface area contributed by atoms with Gasteiger partial charge in [-0.15, -0.1) is 0 Å². The van der Waals surface area contributed by atoms with E-state index in [0.29, 0.717) is 44.1 Å². The van der Waals surface area contributed by atoms with E-state index in [9.17, 15) is 14.0 Å². The van der Waals surface area contributed by atoms with Gasteiger partial charge in [-0.3, -0.25) is 4.79 Å². The summed E-state index contributed by atoms with van der Waals surface area (Å²) in [4.78, 5) is 25.7. The number of anilines is 1. The van der Waals surface area contributed by atoms with Gasteiger partial charge in [0.25, 0.3) is 0 Å². The van der Waals surface area contributed by atoms with Crippen LogP contribution in [0.25, 0.3) is 0 Å². The molecule has 31 heavy (non-hydrogen) atoms. The molecule has 1 saturated heterocycles. The molecule has 0 saturated carbocycles. The number of carbonyl (C=O) groups excluding carboxylic acids is 2. The van der Waals surface area contributed by atoms with Gasteiger partial charge in [-0.05, 0) is 54.7 Å². The van der Waals surface area contributed by atoms with E-state index in [1.165, 1.54) is 19.2 Å². The van der Waals surface area contributed by atoms with Crippen molar-refractivity contribution in [3.8, 4) is 5.75 Å². The van der Waals surface area contributed by atoms with Crippen LogP contribution in [0.4, 0.5) is 10.1 Å². The molecule has 1 amide bonds. The number of halogens is 1. The van der Waals surface area contributed by atoms with Gasteiger partial charge in [-0.2, -0.15) is 0 Å². The third kappa shape index (κ3) is 5.22. The number of hydrogen-bond acceptors (Lipinski definition) is 5. The Bertz CT molecular complexity index is 920. The van der Waals surface area contributed by atoms with Gasteiger partial charge in [0.1, 0.15) is 17.1 Å². The van der Waals surface area contributed by atoms with E-state index >= 15 is 0 Å². The number of carbonyl (C=O) groups is 2. The van der Waals surface area contributed by atoms with E-state index in [0.717, 1.165) is 5.56 Å². The fraction of sp³-hybridized carbons (Fsp3) is 0.417. The first-order valence-corrected chi connectivity index (χ1v) is 10.4. The number of amides is 1. The second kappa shape index (κ2) is 9.92. The zero-order valence-corrected chi connectivity index (χ0v) is 18.1. The Hall–Kier alpha value is -2.93. The largest absolute Gasteiger partial charge is 0.492 e. The molecule has 0 aliphatic carbocycles. The van der Waals surface area contributed by atoms with Crippen LogP contribution in [0.1, 0.15) is 42.6 Å². The Labute approximate surface area is 181 Å². The molecule has 1 fully saturated rings. The van der Waals surface area contributed by atoms with E-state index in [2.05, 4.69) is 5.32 Å². The van der Waals surface area contributed by atoms with E-state index in [4.69, 9.17) is 14.2 Å². The first-order chi connectivity index (χ1) is 14.9.